The van der Waals surface area contributed by atoms with Gasteiger partial charge in [-0.15, -0.1) is 0 Å². The number of carboxylic acids is 1. The minimum atomic E-state index is -0.965. The molecular formula is C16H20ClNO2. The summed E-state index contributed by atoms with van der Waals surface area (Å²) < 4.78 is 0. The number of nitrogens with zero attached hydrogens (tertiary/aromatic N) is 1. The van der Waals surface area contributed by atoms with Gasteiger partial charge in [0.15, 0.2) is 0 Å². The average Bonchev–Trinajstić information content (AvgIpc) is 3.22. The van der Waals surface area contributed by atoms with Crippen LogP contribution in [0.25, 0.3) is 6.08 Å². The first-order valence-corrected chi connectivity index (χ1v) is 7.47. The summed E-state index contributed by atoms with van der Waals surface area (Å²) in [6.45, 7) is 3.25. The molecule has 0 aliphatic heterocycles. The fourth-order valence-electron chi connectivity index (χ4n) is 2.23. The van der Waals surface area contributed by atoms with Gasteiger partial charge in [-0.2, -0.15) is 0 Å². The molecule has 0 amide bonds. The van der Waals surface area contributed by atoms with E-state index in [0.29, 0.717) is 11.1 Å². The molecule has 0 heterocycles. The molecule has 2 rings (SSSR count). The molecule has 1 aromatic carbocycles. The second-order valence-electron chi connectivity index (χ2n) is 5.16. The number of anilines is 1. The molecular weight excluding hydrogens is 274 g/mol. The molecule has 1 saturated carbocycles. The van der Waals surface area contributed by atoms with E-state index in [1.54, 1.807) is 0 Å². The van der Waals surface area contributed by atoms with Crippen LogP contribution in [0, 0.1) is 0 Å². The molecule has 1 fully saturated rings. The molecule has 0 spiro atoms. The van der Waals surface area contributed by atoms with Gasteiger partial charge in [-0.1, -0.05) is 31.0 Å². The molecule has 0 unspecified atom stereocenters. The molecule has 0 bridgehead atoms. The number of unbranched alkanes of at least 4 members (excludes halogenated alkanes) is 1. The lowest BCUT2D eigenvalue weighted by molar-refractivity contribution is -0.131. The highest BCUT2D eigenvalue weighted by Crippen LogP contribution is 2.34. The summed E-state index contributed by atoms with van der Waals surface area (Å²) in [5.41, 5.74) is 1.88. The van der Waals surface area contributed by atoms with Crippen molar-refractivity contribution in [1.29, 1.82) is 0 Å². The number of aliphatic carboxylic acids is 1. The maximum Gasteiger partial charge on any atom is 0.328 e. The molecule has 1 aromatic rings. The van der Waals surface area contributed by atoms with E-state index in [1.807, 2.05) is 18.2 Å². The zero-order chi connectivity index (χ0) is 14.5. The van der Waals surface area contributed by atoms with Crippen LogP contribution >= 0.6 is 11.6 Å². The molecule has 3 nitrogen and oxygen atoms in total. The van der Waals surface area contributed by atoms with Crippen LogP contribution in [0.5, 0.6) is 0 Å². The van der Waals surface area contributed by atoms with Gasteiger partial charge < -0.3 is 10.0 Å². The molecule has 1 aliphatic carbocycles. The number of hydrogen-bond donors (Lipinski definition) is 1. The highest BCUT2D eigenvalue weighted by Gasteiger charge is 2.28. The lowest BCUT2D eigenvalue weighted by atomic mass is 10.1. The molecule has 108 valence electrons. The highest BCUT2D eigenvalue weighted by molar-refractivity contribution is 6.32. The number of hydrogen-bond acceptors (Lipinski definition) is 2. The number of carboxylic acid groups (broad SMARTS) is 1. The Morgan fingerprint density at radius 1 is 1.50 bits per heavy atom. The number of carbonyl (C=O) groups is 1. The van der Waals surface area contributed by atoms with Crippen LogP contribution < -0.4 is 4.90 Å². The van der Waals surface area contributed by atoms with E-state index in [0.717, 1.165) is 23.9 Å². The Morgan fingerprint density at radius 2 is 2.25 bits per heavy atom. The predicted octanol–water partition coefficient (Wildman–Crippen LogP) is 4.21. The third-order valence-corrected chi connectivity index (χ3v) is 3.79. The van der Waals surface area contributed by atoms with Crippen molar-refractivity contribution in [3.8, 4) is 0 Å². The SMILES string of the molecule is CCCCN(c1ccc(/C=C/C(=O)O)c(Cl)c1)C1CC1. The number of rotatable bonds is 7. The fourth-order valence-corrected chi connectivity index (χ4v) is 2.47. The molecule has 0 aromatic heterocycles. The quantitative estimate of drug-likeness (QED) is 0.766. The van der Waals surface area contributed by atoms with Gasteiger partial charge in [0.05, 0.1) is 0 Å². The van der Waals surface area contributed by atoms with Gasteiger partial charge in [0.25, 0.3) is 0 Å². The van der Waals surface area contributed by atoms with Gasteiger partial charge in [0, 0.05) is 29.4 Å². The van der Waals surface area contributed by atoms with Gasteiger partial charge in [0.2, 0.25) is 0 Å². The van der Waals surface area contributed by atoms with Crippen molar-refractivity contribution >= 4 is 29.3 Å². The van der Waals surface area contributed by atoms with Crippen LogP contribution in [0.2, 0.25) is 5.02 Å². The second kappa shape index (κ2) is 6.80. The van der Waals surface area contributed by atoms with Crippen LogP contribution in [-0.4, -0.2) is 23.7 Å². The van der Waals surface area contributed by atoms with Gasteiger partial charge in [0.1, 0.15) is 0 Å². The molecule has 1 aliphatic rings. The monoisotopic (exact) mass is 293 g/mol. The maximum atomic E-state index is 10.5. The number of benzene rings is 1. The molecule has 0 radical (unpaired) electrons. The Bertz CT molecular complexity index is 509. The van der Waals surface area contributed by atoms with Crippen LogP contribution in [0.15, 0.2) is 24.3 Å². The fraction of sp³-hybridized carbons (Fsp3) is 0.438. The lowest BCUT2D eigenvalue weighted by Gasteiger charge is -2.25. The van der Waals surface area contributed by atoms with Gasteiger partial charge >= 0.3 is 5.97 Å². The Balaban J connectivity index is 2.15. The third kappa shape index (κ3) is 4.01. The van der Waals surface area contributed by atoms with Gasteiger partial charge in [-0.25, -0.2) is 4.79 Å². The summed E-state index contributed by atoms with van der Waals surface area (Å²) in [4.78, 5) is 13.0. The molecule has 0 saturated heterocycles. The van der Waals surface area contributed by atoms with Crippen molar-refractivity contribution in [3.63, 3.8) is 0 Å². The summed E-state index contributed by atoms with van der Waals surface area (Å²) in [5.74, 6) is -0.965. The average molecular weight is 294 g/mol. The summed E-state index contributed by atoms with van der Waals surface area (Å²) in [5, 5.41) is 9.25. The zero-order valence-corrected chi connectivity index (χ0v) is 12.4. The Morgan fingerprint density at radius 3 is 2.80 bits per heavy atom. The predicted molar refractivity (Wildman–Crippen MR) is 83.4 cm³/mol. The summed E-state index contributed by atoms with van der Waals surface area (Å²) in [7, 11) is 0. The first-order chi connectivity index (χ1) is 9.61. The van der Waals surface area contributed by atoms with Crippen molar-refractivity contribution in [2.75, 3.05) is 11.4 Å². The highest BCUT2D eigenvalue weighted by atomic mass is 35.5. The van der Waals surface area contributed by atoms with Gasteiger partial charge in [-0.3, -0.25) is 0 Å². The van der Waals surface area contributed by atoms with Crippen molar-refractivity contribution in [2.45, 2.75) is 38.6 Å². The van der Waals surface area contributed by atoms with Crippen molar-refractivity contribution in [1.82, 2.24) is 0 Å². The van der Waals surface area contributed by atoms with Gasteiger partial charge in [-0.05, 0) is 43.0 Å². The van der Waals surface area contributed by atoms with Crippen molar-refractivity contribution in [2.24, 2.45) is 0 Å². The third-order valence-electron chi connectivity index (χ3n) is 3.46. The van der Waals surface area contributed by atoms with E-state index < -0.39 is 5.97 Å². The smallest absolute Gasteiger partial charge is 0.328 e. The van der Waals surface area contributed by atoms with Crippen molar-refractivity contribution in [3.05, 3.63) is 34.9 Å². The summed E-state index contributed by atoms with van der Waals surface area (Å²) >= 11 is 6.25. The summed E-state index contributed by atoms with van der Waals surface area (Å²) in [6.07, 6.45) is 7.49. The Kier molecular flexibility index (Phi) is 5.07. The number of halogens is 1. The minimum absolute atomic E-state index is 0.599. The second-order valence-corrected chi connectivity index (χ2v) is 5.56. The van der Waals surface area contributed by atoms with Crippen LogP contribution in [0.3, 0.4) is 0 Å². The largest absolute Gasteiger partial charge is 0.478 e. The van der Waals surface area contributed by atoms with E-state index in [-0.39, 0.29) is 0 Å². The van der Waals surface area contributed by atoms with E-state index in [1.165, 1.54) is 31.8 Å². The molecule has 4 heteroatoms. The topological polar surface area (TPSA) is 40.5 Å². The molecule has 0 atom stereocenters. The first kappa shape index (κ1) is 14.9. The van der Waals surface area contributed by atoms with Crippen LogP contribution in [0.1, 0.15) is 38.2 Å². The van der Waals surface area contributed by atoms with Crippen LogP contribution in [0.4, 0.5) is 5.69 Å². The first-order valence-electron chi connectivity index (χ1n) is 7.09. The maximum absolute atomic E-state index is 10.5. The standard InChI is InChI=1S/C16H20ClNO2/c1-2-3-10-18(13-7-8-13)14-6-4-12(15(17)11-14)5-9-16(19)20/h4-6,9,11,13H,2-3,7-8,10H2,1H3,(H,19,20)/b9-5+. The Labute approximate surface area is 124 Å². The van der Waals surface area contributed by atoms with Crippen molar-refractivity contribution < 1.29 is 9.90 Å². The van der Waals surface area contributed by atoms with E-state index in [9.17, 15) is 4.79 Å². The summed E-state index contributed by atoms with van der Waals surface area (Å²) in [6, 6.07) is 6.51. The van der Waals surface area contributed by atoms with Crippen LogP contribution in [-0.2, 0) is 4.79 Å². The Hall–Kier alpha value is -1.48. The van der Waals surface area contributed by atoms with E-state index in [2.05, 4.69) is 11.8 Å². The lowest BCUT2D eigenvalue weighted by Crippen LogP contribution is -2.26. The zero-order valence-electron chi connectivity index (χ0n) is 11.7. The molecule has 1 N–H and O–H groups in total. The minimum Gasteiger partial charge on any atom is -0.478 e. The van der Waals surface area contributed by atoms with E-state index in [4.69, 9.17) is 16.7 Å². The molecule has 20 heavy (non-hydrogen) atoms. The van der Waals surface area contributed by atoms with E-state index >= 15 is 0 Å². The normalized spacial score (nSPS) is 14.7.